The number of hydrogen-bond acceptors (Lipinski definition) is 2. The fraction of sp³-hybridized carbons (Fsp3) is 0.857. The van der Waals surface area contributed by atoms with E-state index in [2.05, 4.69) is 6.42 Å². The number of hydrogen-bond donors (Lipinski definition) is 0. The van der Waals surface area contributed by atoms with Crippen LogP contribution in [0.2, 0.25) is 0 Å². The summed E-state index contributed by atoms with van der Waals surface area (Å²) in [6, 6.07) is 0. The van der Waals surface area contributed by atoms with Gasteiger partial charge in [0, 0.05) is 10.8 Å². The Kier molecular flexibility index (Phi) is 2.66. The first kappa shape index (κ1) is 7.51. The Bertz CT molecular complexity index is 119. The number of nitro groups is 1. The van der Waals surface area contributed by atoms with E-state index in [4.69, 9.17) is 0 Å². The van der Waals surface area contributed by atoms with E-state index >= 15 is 0 Å². The van der Waals surface area contributed by atoms with Crippen molar-refractivity contribution in [2.75, 3.05) is 6.54 Å². The lowest BCUT2D eigenvalue weighted by Gasteiger charge is -2.16. The molecule has 1 rings (SSSR count). The molecule has 0 bridgehead atoms. The lowest BCUT2D eigenvalue weighted by molar-refractivity contribution is -0.487. The summed E-state index contributed by atoms with van der Waals surface area (Å²) < 4.78 is 0. The molecule has 0 heterocycles. The minimum Gasteiger partial charge on any atom is -0.265 e. The standard InChI is InChI=1S/C7H12NO2/c9-8(10)6-7-4-2-1-3-5-7/h4,7H,1-3,5-6H2. The van der Waals surface area contributed by atoms with Crippen LogP contribution in [0.3, 0.4) is 0 Å². The van der Waals surface area contributed by atoms with E-state index in [-0.39, 0.29) is 17.4 Å². The summed E-state index contributed by atoms with van der Waals surface area (Å²) in [5.41, 5.74) is 0. The summed E-state index contributed by atoms with van der Waals surface area (Å²) in [6.07, 6.45) is 6.55. The molecule has 0 aromatic carbocycles. The Labute approximate surface area is 60.6 Å². The molecule has 1 radical (unpaired) electrons. The summed E-state index contributed by atoms with van der Waals surface area (Å²) in [5, 5.41) is 10.1. The van der Waals surface area contributed by atoms with Gasteiger partial charge in [0.1, 0.15) is 0 Å². The predicted molar refractivity (Wildman–Crippen MR) is 38.1 cm³/mol. The van der Waals surface area contributed by atoms with Gasteiger partial charge in [-0.1, -0.05) is 12.8 Å². The predicted octanol–water partition coefficient (Wildman–Crippen LogP) is 1.66. The molecular weight excluding hydrogens is 130 g/mol. The van der Waals surface area contributed by atoms with E-state index < -0.39 is 0 Å². The van der Waals surface area contributed by atoms with Crippen LogP contribution in [0.1, 0.15) is 25.7 Å². The minimum atomic E-state index is -0.216. The number of rotatable bonds is 2. The van der Waals surface area contributed by atoms with Crippen molar-refractivity contribution in [1.82, 2.24) is 0 Å². The Morgan fingerprint density at radius 2 is 2.40 bits per heavy atom. The second kappa shape index (κ2) is 3.54. The molecule has 1 aliphatic rings. The molecular formula is C7H12NO2. The highest BCUT2D eigenvalue weighted by Crippen LogP contribution is 2.22. The van der Waals surface area contributed by atoms with E-state index in [9.17, 15) is 10.1 Å². The monoisotopic (exact) mass is 142 g/mol. The maximum atomic E-state index is 10.1. The molecule has 3 heteroatoms. The van der Waals surface area contributed by atoms with Gasteiger partial charge in [-0.2, -0.15) is 0 Å². The smallest absolute Gasteiger partial charge is 0.206 e. The summed E-state index contributed by atoms with van der Waals surface area (Å²) >= 11 is 0. The van der Waals surface area contributed by atoms with Crippen LogP contribution in [-0.2, 0) is 0 Å². The van der Waals surface area contributed by atoms with Crippen LogP contribution in [-0.4, -0.2) is 11.5 Å². The number of nitrogens with zero attached hydrogens (tertiary/aromatic N) is 1. The SMILES string of the molecule is O=[N+]([O-])CC1[CH]CCCC1. The molecule has 10 heavy (non-hydrogen) atoms. The summed E-state index contributed by atoms with van der Waals surface area (Å²) in [4.78, 5) is 9.84. The van der Waals surface area contributed by atoms with E-state index in [0.717, 1.165) is 19.3 Å². The highest BCUT2D eigenvalue weighted by atomic mass is 16.6. The van der Waals surface area contributed by atoms with Crippen LogP contribution in [0.15, 0.2) is 0 Å². The molecule has 1 aliphatic carbocycles. The van der Waals surface area contributed by atoms with E-state index in [1.165, 1.54) is 6.42 Å². The Morgan fingerprint density at radius 1 is 1.60 bits per heavy atom. The molecule has 1 atom stereocenters. The molecule has 0 spiro atoms. The lowest BCUT2D eigenvalue weighted by Crippen LogP contribution is -2.17. The van der Waals surface area contributed by atoms with E-state index in [1.807, 2.05) is 0 Å². The molecule has 0 N–H and O–H groups in total. The van der Waals surface area contributed by atoms with Gasteiger partial charge in [-0.25, -0.2) is 0 Å². The third-order valence-electron chi connectivity index (χ3n) is 1.91. The highest BCUT2D eigenvalue weighted by molar-refractivity contribution is 4.80. The first-order chi connectivity index (χ1) is 4.79. The van der Waals surface area contributed by atoms with Crippen LogP contribution in [0.4, 0.5) is 0 Å². The van der Waals surface area contributed by atoms with Gasteiger partial charge in [0.25, 0.3) is 0 Å². The summed E-state index contributed by atoms with van der Waals surface area (Å²) in [6.45, 7) is 0.139. The van der Waals surface area contributed by atoms with Gasteiger partial charge in [0.05, 0.1) is 0 Å². The van der Waals surface area contributed by atoms with Crippen LogP contribution >= 0.6 is 0 Å². The molecule has 1 unspecified atom stereocenters. The van der Waals surface area contributed by atoms with Crippen molar-refractivity contribution in [2.45, 2.75) is 25.7 Å². The second-order valence-electron chi connectivity index (χ2n) is 2.80. The lowest BCUT2D eigenvalue weighted by atomic mass is 9.89. The largest absolute Gasteiger partial charge is 0.265 e. The maximum Gasteiger partial charge on any atom is 0.206 e. The first-order valence-corrected chi connectivity index (χ1v) is 3.74. The van der Waals surface area contributed by atoms with Gasteiger partial charge < -0.3 is 0 Å². The van der Waals surface area contributed by atoms with Crippen LogP contribution in [0.25, 0.3) is 0 Å². The average molecular weight is 142 g/mol. The summed E-state index contributed by atoms with van der Waals surface area (Å²) in [7, 11) is 0. The van der Waals surface area contributed by atoms with Crippen molar-refractivity contribution in [3.05, 3.63) is 16.5 Å². The van der Waals surface area contributed by atoms with Crippen LogP contribution < -0.4 is 0 Å². The van der Waals surface area contributed by atoms with Gasteiger partial charge in [0.2, 0.25) is 6.54 Å². The van der Waals surface area contributed by atoms with Crippen LogP contribution in [0.5, 0.6) is 0 Å². The zero-order valence-electron chi connectivity index (χ0n) is 5.95. The third-order valence-corrected chi connectivity index (χ3v) is 1.91. The quantitative estimate of drug-likeness (QED) is 0.434. The molecule has 0 aromatic rings. The summed E-state index contributed by atoms with van der Waals surface area (Å²) in [5.74, 6) is 0.253. The normalized spacial score (nSPS) is 20.8. The molecule has 0 saturated heterocycles. The topological polar surface area (TPSA) is 43.1 Å². The van der Waals surface area contributed by atoms with Gasteiger partial charge in [-0.05, 0) is 19.3 Å². The minimum absolute atomic E-state index is 0.139. The zero-order chi connectivity index (χ0) is 7.40. The van der Waals surface area contributed by atoms with Crippen molar-refractivity contribution in [3.8, 4) is 0 Å². The molecule has 1 saturated carbocycles. The van der Waals surface area contributed by atoms with Gasteiger partial charge in [-0.15, -0.1) is 0 Å². The molecule has 0 amide bonds. The molecule has 0 aromatic heterocycles. The first-order valence-electron chi connectivity index (χ1n) is 3.74. The van der Waals surface area contributed by atoms with Gasteiger partial charge in [0.15, 0.2) is 0 Å². The van der Waals surface area contributed by atoms with Crippen molar-refractivity contribution in [3.63, 3.8) is 0 Å². The molecule has 0 aliphatic heterocycles. The Balaban J connectivity index is 2.19. The van der Waals surface area contributed by atoms with Crippen molar-refractivity contribution in [1.29, 1.82) is 0 Å². The van der Waals surface area contributed by atoms with Gasteiger partial charge >= 0.3 is 0 Å². The average Bonchev–Trinajstić information content (AvgIpc) is 1.88. The van der Waals surface area contributed by atoms with Crippen molar-refractivity contribution in [2.24, 2.45) is 5.92 Å². The third kappa shape index (κ3) is 2.33. The Hall–Kier alpha value is -0.600. The second-order valence-corrected chi connectivity index (χ2v) is 2.80. The van der Waals surface area contributed by atoms with E-state index in [0.29, 0.717) is 0 Å². The molecule has 57 valence electrons. The maximum absolute atomic E-state index is 10.1. The van der Waals surface area contributed by atoms with Crippen molar-refractivity contribution < 1.29 is 4.92 Å². The van der Waals surface area contributed by atoms with Crippen LogP contribution in [0, 0.1) is 22.5 Å². The fourth-order valence-corrected chi connectivity index (χ4v) is 1.38. The highest BCUT2D eigenvalue weighted by Gasteiger charge is 2.17. The molecule has 3 nitrogen and oxygen atoms in total. The van der Waals surface area contributed by atoms with Gasteiger partial charge in [-0.3, -0.25) is 10.1 Å². The Morgan fingerprint density at radius 3 is 2.90 bits per heavy atom. The van der Waals surface area contributed by atoms with Crippen molar-refractivity contribution >= 4 is 0 Å². The molecule has 1 fully saturated rings. The zero-order valence-corrected chi connectivity index (χ0v) is 5.95. The van der Waals surface area contributed by atoms with E-state index in [1.54, 1.807) is 0 Å². The fourth-order valence-electron chi connectivity index (χ4n) is 1.38.